The largest absolute Gasteiger partial charge is 0.236 e. The first kappa shape index (κ1) is 14.3. The van der Waals surface area contributed by atoms with E-state index in [1.54, 1.807) is 6.08 Å². The van der Waals surface area contributed by atoms with Crippen LogP contribution in [0.1, 0.15) is 12.5 Å². The van der Waals surface area contributed by atoms with Crippen molar-refractivity contribution >= 4 is 17.2 Å². The molecule has 1 nitrogen and oxygen atoms in total. The minimum Gasteiger partial charge on any atom is -0.236 e. The lowest BCUT2D eigenvalue weighted by molar-refractivity contribution is 1.31. The predicted molar refractivity (Wildman–Crippen MR) is 87.7 cm³/mol. The molecule has 0 saturated heterocycles. The van der Waals surface area contributed by atoms with Gasteiger partial charge in [0.2, 0.25) is 0 Å². The van der Waals surface area contributed by atoms with Gasteiger partial charge >= 0.3 is 0 Å². The third kappa shape index (κ3) is 3.46. The zero-order chi connectivity index (χ0) is 14.5. The number of hydrogen-bond acceptors (Lipinski definition) is 1. The monoisotopic (exact) mass is 281 g/mol. The molecule has 0 amide bonds. The summed E-state index contributed by atoms with van der Waals surface area (Å²) in [4.78, 5) is 4.38. The van der Waals surface area contributed by atoms with Crippen LogP contribution in [0.4, 0.5) is 0 Å². The molecule has 2 rings (SSSR count). The van der Waals surface area contributed by atoms with Gasteiger partial charge in [-0.05, 0) is 30.2 Å². The van der Waals surface area contributed by atoms with Crippen molar-refractivity contribution in [2.75, 3.05) is 0 Å². The Kier molecular flexibility index (Phi) is 4.54. The van der Waals surface area contributed by atoms with Gasteiger partial charge in [-0.25, -0.2) is 4.98 Å². The summed E-state index contributed by atoms with van der Waals surface area (Å²) >= 11 is 6.14. The SMILES string of the molecule is C=C/C(=C\C(=C)C)c1cc(Cl)nc(-c2ccccc2)c1. The fraction of sp³-hybridized carbons (Fsp3) is 0.0556. The molecule has 1 aromatic heterocycles. The van der Waals surface area contributed by atoms with Crippen molar-refractivity contribution in [1.29, 1.82) is 0 Å². The summed E-state index contributed by atoms with van der Waals surface area (Å²) in [6.45, 7) is 9.70. The second-order valence-corrected chi connectivity index (χ2v) is 4.97. The number of nitrogens with zero attached hydrogens (tertiary/aromatic N) is 1. The molecular weight excluding hydrogens is 266 g/mol. The lowest BCUT2D eigenvalue weighted by Crippen LogP contribution is -1.89. The van der Waals surface area contributed by atoms with Gasteiger partial charge in [0.15, 0.2) is 0 Å². The van der Waals surface area contributed by atoms with Crippen LogP contribution < -0.4 is 0 Å². The first-order chi connectivity index (χ1) is 9.60. The van der Waals surface area contributed by atoms with Crippen molar-refractivity contribution < 1.29 is 0 Å². The minimum absolute atomic E-state index is 0.468. The highest BCUT2D eigenvalue weighted by atomic mass is 35.5. The number of halogens is 1. The Labute approximate surface area is 124 Å². The molecule has 0 atom stereocenters. The van der Waals surface area contributed by atoms with Crippen molar-refractivity contribution in [3.63, 3.8) is 0 Å². The molecule has 0 fully saturated rings. The van der Waals surface area contributed by atoms with Crippen molar-refractivity contribution in [2.45, 2.75) is 6.92 Å². The zero-order valence-electron chi connectivity index (χ0n) is 11.4. The van der Waals surface area contributed by atoms with Crippen LogP contribution in [-0.4, -0.2) is 4.98 Å². The van der Waals surface area contributed by atoms with Gasteiger partial charge in [0.25, 0.3) is 0 Å². The number of hydrogen-bond donors (Lipinski definition) is 0. The molecule has 2 aromatic rings. The van der Waals surface area contributed by atoms with E-state index in [1.165, 1.54) is 0 Å². The summed E-state index contributed by atoms with van der Waals surface area (Å²) in [5.74, 6) is 0. The van der Waals surface area contributed by atoms with Gasteiger partial charge in [-0.1, -0.05) is 72.8 Å². The van der Waals surface area contributed by atoms with Crippen molar-refractivity contribution in [1.82, 2.24) is 4.98 Å². The zero-order valence-corrected chi connectivity index (χ0v) is 12.2. The maximum Gasteiger partial charge on any atom is 0.130 e. The van der Waals surface area contributed by atoms with Gasteiger partial charge in [-0.2, -0.15) is 0 Å². The summed E-state index contributed by atoms with van der Waals surface area (Å²) in [5, 5.41) is 0.468. The Bertz CT molecular complexity index is 669. The predicted octanol–water partition coefficient (Wildman–Crippen LogP) is 5.55. The maximum absolute atomic E-state index is 6.14. The molecule has 0 aliphatic heterocycles. The van der Waals surface area contributed by atoms with Crippen LogP contribution >= 0.6 is 11.6 Å². The number of rotatable bonds is 4. The molecule has 100 valence electrons. The first-order valence-corrected chi connectivity index (χ1v) is 6.71. The van der Waals surface area contributed by atoms with E-state index < -0.39 is 0 Å². The molecule has 1 heterocycles. The minimum atomic E-state index is 0.468. The second kappa shape index (κ2) is 6.36. The topological polar surface area (TPSA) is 12.9 Å². The van der Waals surface area contributed by atoms with Crippen LogP contribution in [-0.2, 0) is 0 Å². The van der Waals surface area contributed by atoms with E-state index in [0.29, 0.717) is 5.15 Å². The quantitative estimate of drug-likeness (QED) is 0.529. The third-order valence-electron chi connectivity index (χ3n) is 2.82. The molecule has 2 heteroatoms. The molecule has 0 unspecified atom stereocenters. The van der Waals surface area contributed by atoms with E-state index in [-0.39, 0.29) is 0 Å². The summed E-state index contributed by atoms with van der Waals surface area (Å²) in [7, 11) is 0. The van der Waals surface area contributed by atoms with Gasteiger partial charge in [-0.3, -0.25) is 0 Å². The van der Waals surface area contributed by atoms with Gasteiger partial charge in [0.1, 0.15) is 5.15 Å². The average Bonchev–Trinajstić information content (AvgIpc) is 2.45. The van der Waals surface area contributed by atoms with Crippen LogP contribution in [0.3, 0.4) is 0 Å². The molecule has 0 aliphatic carbocycles. The molecule has 20 heavy (non-hydrogen) atoms. The summed E-state index contributed by atoms with van der Waals surface area (Å²) in [5.41, 5.74) is 4.83. The van der Waals surface area contributed by atoms with Crippen molar-refractivity contribution in [2.24, 2.45) is 0 Å². The number of allylic oxidation sites excluding steroid dienone is 4. The Morgan fingerprint density at radius 1 is 1.20 bits per heavy atom. The highest BCUT2D eigenvalue weighted by Gasteiger charge is 2.06. The Morgan fingerprint density at radius 3 is 2.50 bits per heavy atom. The number of aromatic nitrogens is 1. The van der Waals surface area contributed by atoms with Crippen molar-refractivity contribution in [3.8, 4) is 11.3 Å². The third-order valence-corrected chi connectivity index (χ3v) is 3.01. The fourth-order valence-electron chi connectivity index (χ4n) is 1.95. The first-order valence-electron chi connectivity index (χ1n) is 6.33. The lowest BCUT2D eigenvalue weighted by Gasteiger charge is -2.07. The number of benzene rings is 1. The molecular formula is C18H16ClN. The van der Waals surface area contributed by atoms with Crippen LogP contribution in [0.25, 0.3) is 16.8 Å². The standard InChI is InChI=1S/C18H16ClN/c1-4-14(10-13(2)3)16-11-17(20-18(19)12-16)15-8-6-5-7-9-15/h4-12H,1-2H2,3H3/b14-10+. The molecule has 0 bridgehead atoms. The van der Waals surface area contributed by atoms with Gasteiger partial charge in [0, 0.05) is 5.56 Å². The van der Waals surface area contributed by atoms with Crippen molar-refractivity contribution in [3.05, 3.63) is 84.1 Å². The molecule has 0 radical (unpaired) electrons. The Balaban J connectivity index is 2.54. The van der Waals surface area contributed by atoms with E-state index >= 15 is 0 Å². The van der Waals surface area contributed by atoms with E-state index in [9.17, 15) is 0 Å². The summed E-state index contributed by atoms with van der Waals surface area (Å²) < 4.78 is 0. The molecule has 0 spiro atoms. The maximum atomic E-state index is 6.14. The van der Waals surface area contributed by atoms with Gasteiger partial charge < -0.3 is 0 Å². The van der Waals surface area contributed by atoms with E-state index in [0.717, 1.165) is 28.0 Å². The van der Waals surface area contributed by atoms with E-state index in [4.69, 9.17) is 11.6 Å². The van der Waals surface area contributed by atoms with Gasteiger partial charge in [-0.15, -0.1) is 0 Å². The van der Waals surface area contributed by atoms with Gasteiger partial charge in [0.05, 0.1) is 5.69 Å². The van der Waals surface area contributed by atoms with E-state index in [1.807, 2.05) is 55.5 Å². The second-order valence-electron chi connectivity index (χ2n) is 4.58. The van der Waals surface area contributed by atoms with Crippen LogP contribution in [0.15, 0.2) is 73.3 Å². The lowest BCUT2D eigenvalue weighted by atomic mass is 10.0. The molecule has 1 aromatic carbocycles. The Morgan fingerprint density at radius 2 is 1.90 bits per heavy atom. The van der Waals surface area contributed by atoms with E-state index in [2.05, 4.69) is 18.1 Å². The normalized spacial score (nSPS) is 11.2. The Hall–Kier alpha value is -2.12. The summed E-state index contributed by atoms with van der Waals surface area (Å²) in [6.07, 6.45) is 3.78. The smallest absolute Gasteiger partial charge is 0.130 e. The van der Waals surface area contributed by atoms with Crippen LogP contribution in [0.2, 0.25) is 5.15 Å². The molecule has 0 N–H and O–H groups in total. The molecule has 0 aliphatic rings. The van der Waals surface area contributed by atoms with Crippen LogP contribution in [0, 0.1) is 0 Å². The number of pyridine rings is 1. The average molecular weight is 282 g/mol. The fourth-order valence-corrected chi connectivity index (χ4v) is 2.15. The molecule has 0 saturated carbocycles. The highest BCUT2D eigenvalue weighted by Crippen LogP contribution is 2.26. The summed E-state index contributed by atoms with van der Waals surface area (Å²) in [6, 6.07) is 13.8. The highest BCUT2D eigenvalue weighted by molar-refractivity contribution is 6.29. The van der Waals surface area contributed by atoms with Crippen LogP contribution in [0.5, 0.6) is 0 Å².